The van der Waals surface area contributed by atoms with Gasteiger partial charge in [0.25, 0.3) is 5.91 Å². The van der Waals surface area contributed by atoms with Crippen molar-refractivity contribution < 1.29 is 19.0 Å². The summed E-state index contributed by atoms with van der Waals surface area (Å²) in [5, 5.41) is 8.57. The fourth-order valence-electron chi connectivity index (χ4n) is 3.48. The molecule has 2 aromatic carbocycles. The van der Waals surface area contributed by atoms with Gasteiger partial charge in [0.05, 0.1) is 23.7 Å². The van der Waals surface area contributed by atoms with Crippen LogP contribution in [0.4, 0.5) is 0 Å². The SMILES string of the molecule is Cc1nn(Cc2ccccc2)c2sc(C(=O)NCCOc3ccc4c(c3)OCO4)cc12. The van der Waals surface area contributed by atoms with Gasteiger partial charge in [0.2, 0.25) is 6.79 Å². The maximum atomic E-state index is 12.6. The molecule has 0 saturated heterocycles. The second kappa shape index (κ2) is 8.31. The molecule has 8 heteroatoms. The predicted octanol–water partition coefficient (Wildman–Crippen LogP) is 3.99. The zero-order chi connectivity index (χ0) is 21.2. The lowest BCUT2D eigenvalue weighted by molar-refractivity contribution is 0.0951. The summed E-state index contributed by atoms with van der Waals surface area (Å²) in [6.07, 6.45) is 0. The third-order valence-corrected chi connectivity index (χ3v) is 6.15. The lowest BCUT2D eigenvalue weighted by Gasteiger charge is -2.08. The van der Waals surface area contributed by atoms with Crippen molar-refractivity contribution in [2.45, 2.75) is 13.5 Å². The molecule has 1 aliphatic rings. The van der Waals surface area contributed by atoms with Crippen LogP contribution in [0.25, 0.3) is 10.2 Å². The minimum absolute atomic E-state index is 0.110. The lowest BCUT2D eigenvalue weighted by Crippen LogP contribution is -2.27. The van der Waals surface area contributed by atoms with Gasteiger partial charge >= 0.3 is 0 Å². The summed E-state index contributed by atoms with van der Waals surface area (Å²) in [7, 11) is 0. The van der Waals surface area contributed by atoms with E-state index in [1.165, 1.54) is 16.9 Å². The Labute approximate surface area is 183 Å². The van der Waals surface area contributed by atoms with Crippen LogP contribution in [-0.4, -0.2) is 35.6 Å². The molecule has 158 valence electrons. The van der Waals surface area contributed by atoms with Gasteiger partial charge in [0.1, 0.15) is 17.2 Å². The highest BCUT2D eigenvalue weighted by Gasteiger charge is 2.17. The highest BCUT2D eigenvalue weighted by atomic mass is 32.1. The Kier molecular flexibility index (Phi) is 5.21. The molecule has 1 amide bonds. The predicted molar refractivity (Wildman–Crippen MR) is 118 cm³/mol. The number of amides is 1. The summed E-state index contributed by atoms with van der Waals surface area (Å²) in [6, 6.07) is 17.5. The maximum Gasteiger partial charge on any atom is 0.261 e. The van der Waals surface area contributed by atoms with Gasteiger partial charge in [-0.05, 0) is 30.7 Å². The van der Waals surface area contributed by atoms with Gasteiger partial charge in [0.15, 0.2) is 11.5 Å². The van der Waals surface area contributed by atoms with Gasteiger partial charge in [0, 0.05) is 11.5 Å². The molecule has 0 bridgehead atoms. The summed E-state index contributed by atoms with van der Waals surface area (Å²) < 4.78 is 18.3. The van der Waals surface area contributed by atoms with Crippen LogP contribution >= 0.6 is 11.3 Å². The number of benzene rings is 2. The third kappa shape index (κ3) is 4.06. The quantitative estimate of drug-likeness (QED) is 0.444. The molecule has 3 heterocycles. The molecule has 2 aromatic heterocycles. The lowest BCUT2D eigenvalue weighted by atomic mass is 10.2. The van der Waals surface area contributed by atoms with Crippen LogP contribution in [-0.2, 0) is 6.54 Å². The molecule has 7 nitrogen and oxygen atoms in total. The van der Waals surface area contributed by atoms with E-state index >= 15 is 0 Å². The minimum Gasteiger partial charge on any atom is -0.492 e. The number of hydrogen-bond acceptors (Lipinski definition) is 6. The zero-order valence-corrected chi connectivity index (χ0v) is 17.8. The molecule has 5 rings (SSSR count). The Morgan fingerprint density at radius 3 is 2.87 bits per heavy atom. The number of carbonyl (C=O) groups excluding carboxylic acids is 1. The summed E-state index contributed by atoms with van der Waals surface area (Å²) in [6.45, 7) is 3.63. The monoisotopic (exact) mass is 435 g/mol. The van der Waals surface area contributed by atoms with Crippen molar-refractivity contribution in [3.05, 3.63) is 70.7 Å². The molecular weight excluding hydrogens is 414 g/mol. The van der Waals surface area contributed by atoms with E-state index in [1.54, 1.807) is 6.07 Å². The van der Waals surface area contributed by atoms with Gasteiger partial charge in [-0.15, -0.1) is 11.3 Å². The largest absolute Gasteiger partial charge is 0.492 e. The Bertz CT molecular complexity index is 1230. The third-order valence-electron chi connectivity index (χ3n) is 5.01. The van der Waals surface area contributed by atoms with Gasteiger partial charge in [-0.2, -0.15) is 5.10 Å². The van der Waals surface area contributed by atoms with E-state index in [2.05, 4.69) is 22.5 Å². The number of hydrogen-bond donors (Lipinski definition) is 1. The molecule has 1 aliphatic heterocycles. The van der Waals surface area contributed by atoms with Crippen LogP contribution in [0.2, 0.25) is 0 Å². The molecule has 0 fully saturated rings. The van der Waals surface area contributed by atoms with E-state index in [9.17, 15) is 4.79 Å². The summed E-state index contributed by atoms with van der Waals surface area (Å²) in [5.74, 6) is 1.96. The molecule has 0 saturated carbocycles. The first-order chi connectivity index (χ1) is 15.2. The fraction of sp³-hybridized carbons (Fsp3) is 0.217. The maximum absolute atomic E-state index is 12.6. The topological polar surface area (TPSA) is 74.6 Å². The smallest absolute Gasteiger partial charge is 0.261 e. The van der Waals surface area contributed by atoms with Crippen LogP contribution in [0, 0.1) is 6.92 Å². The van der Waals surface area contributed by atoms with Crippen molar-refractivity contribution >= 4 is 27.5 Å². The Morgan fingerprint density at radius 2 is 2.00 bits per heavy atom. The first-order valence-corrected chi connectivity index (χ1v) is 10.8. The number of fused-ring (bicyclic) bond motifs is 2. The van der Waals surface area contributed by atoms with Crippen LogP contribution in [0.5, 0.6) is 17.2 Å². The van der Waals surface area contributed by atoms with Crippen LogP contribution in [0.1, 0.15) is 20.9 Å². The highest BCUT2D eigenvalue weighted by molar-refractivity contribution is 7.20. The van der Waals surface area contributed by atoms with Crippen molar-refractivity contribution in [3.8, 4) is 17.2 Å². The minimum atomic E-state index is -0.110. The van der Waals surface area contributed by atoms with Crippen molar-refractivity contribution in [1.29, 1.82) is 0 Å². The van der Waals surface area contributed by atoms with Crippen LogP contribution in [0.15, 0.2) is 54.6 Å². The van der Waals surface area contributed by atoms with Gasteiger partial charge in [-0.3, -0.25) is 9.48 Å². The Balaban J connectivity index is 1.20. The number of rotatable bonds is 7. The molecule has 4 aromatic rings. The molecular formula is C23H21N3O4S. The van der Waals surface area contributed by atoms with Crippen molar-refractivity contribution in [2.75, 3.05) is 19.9 Å². The number of nitrogens with one attached hydrogen (secondary N) is 1. The molecule has 31 heavy (non-hydrogen) atoms. The van der Waals surface area contributed by atoms with Crippen molar-refractivity contribution in [3.63, 3.8) is 0 Å². The average Bonchev–Trinajstić information content (AvgIpc) is 3.49. The van der Waals surface area contributed by atoms with Gasteiger partial charge in [-0.1, -0.05) is 30.3 Å². The summed E-state index contributed by atoms with van der Waals surface area (Å²) in [4.78, 5) is 14.3. The van der Waals surface area contributed by atoms with Gasteiger partial charge < -0.3 is 19.5 Å². The first-order valence-electron chi connectivity index (χ1n) is 9.99. The summed E-state index contributed by atoms with van der Waals surface area (Å²) >= 11 is 1.46. The summed E-state index contributed by atoms with van der Waals surface area (Å²) in [5.41, 5.74) is 2.10. The Morgan fingerprint density at radius 1 is 1.16 bits per heavy atom. The number of carbonyl (C=O) groups is 1. The Hall–Kier alpha value is -3.52. The fourth-order valence-corrected chi connectivity index (χ4v) is 4.55. The van der Waals surface area contributed by atoms with E-state index < -0.39 is 0 Å². The first kappa shape index (κ1) is 19.4. The van der Waals surface area contributed by atoms with Gasteiger partial charge in [-0.25, -0.2) is 0 Å². The van der Waals surface area contributed by atoms with E-state index in [0.29, 0.717) is 41.8 Å². The number of aromatic nitrogens is 2. The van der Waals surface area contributed by atoms with Crippen LogP contribution < -0.4 is 19.5 Å². The standard InChI is InChI=1S/C23H21N3O4S/c1-15-18-12-21(31-23(18)26(25-15)13-16-5-3-2-4-6-16)22(27)24-9-10-28-17-7-8-19-20(11-17)30-14-29-19/h2-8,11-12H,9-10,13-14H2,1H3,(H,24,27). The second-order valence-corrected chi connectivity index (χ2v) is 8.21. The average molecular weight is 436 g/mol. The molecule has 1 N–H and O–H groups in total. The number of aryl methyl sites for hydroxylation is 1. The van der Waals surface area contributed by atoms with Crippen LogP contribution in [0.3, 0.4) is 0 Å². The molecule has 0 spiro atoms. The second-order valence-electron chi connectivity index (χ2n) is 7.18. The highest BCUT2D eigenvalue weighted by Crippen LogP contribution is 2.35. The van der Waals surface area contributed by atoms with Crippen molar-refractivity contribution in [1.82, 2.24) is 15.1 Å². The number of ether oxygens (including phenoxy) is 3. The molecule has 0 unspecified atom stereocenters. The van der Waals surface area contributed by atoms with E-state index in [1.807, 2.05) is 48.0 Å². The van der Waals surface area contributed by atoms with E-state index in [-0.39, 0.29) is 12.7 Å². The molecule has 0 aliphatic carbocycles. The zero-order valence-electron chi connectivity index (χ0n) is 17.0. The normalized spacial score (nSPS) is 12.3. The molecule has 0 atom stereocenters. The number of nitrogens with zero attached hydrogens (tertiary/aromatic N) is 2. The van der Waals surface area contributed by atoms with E-state index in [4.69, 9.17) is 14.2 Å². The molecule has 0 radical (unpaired) electrons. The van der Waals surface area contributed by atoms with E-state index in [0.717, 1.165) is 15.9 Å². The number of thiophene rings is 1. The van der Waals surface area contributed by atoms with Crippen molar-refractivity contribution in [2.24, 2.45) is 0 Å².